The second-order valence-electron chi connectivity index (χ2n) is 2.06. The molecule has 0 amide bonds. The Morgan fingerprint density at radius 1 is 1.56 bits per heavy atom. The van der Waals surface area contributed by atoms with Crippen molar-refractivity contribution < 1.29 is 9.53 Å². The fourth-order valence-electron chi connectivity index (χ4n) is 0.391. The highest BCUT2D eigenvalue weighted by molar-refractivity contribution is 5.69. The molecule has 0 heterocycles. The third-order valence-corrected chi connectivity index (χ3v) is 1.20. The molecule has 0 aliphatic rings. The minimum Gasteiger partial charge on any atom is -0.463 e. The maximum absolute atomic E-state index is 10.6. The van der Waals surface area contributed by atoms with Crippen LogP contribution in [-0.2, 0) is 9.53 Å². The number of esters is 1. The predicted molar refractivity (Wildman–Crippen MR) is 36.1 cm³/mol. The zero-order valence-corrected chi connectivity index (χ0v) is 6.31. The highest BCUT2D eigenvalue weighted by Gasteiger charge is 2.02. The lowest BCUT2D eigenvalue weighted by Crippen LogP contribution is -2.12. The Morgan fingerprint density at radius 2 is 2.11 bits per heavy atom. The van der Waals surface area contributed by atoms with E-state index in [0.29, 0.717) is 6.42 Å². The molecule has 0 spiro atoms. The summed E-state index contributed by atoms with van der Waals surface area (Å²) < 4.78 is 4.91. The Morgan fingerprint density at radius 3 is 2.44 bits per heavy atom. The van der Waals surface area contributed by atoms with Crippen molar-refractivity contribution >= 4 is 5.97 Å². The molecule has 0 aromatic rings. The van der Waals surface area contributed by atoms with Gasteiger partial charge in [-0.3, -0.25) is 4.79 Å². The topological polar surface area (TPSA) is 26.3 Å². The van der Waals surface area contributed by atoms with Crippen LogP contribution in [0.4, 0.5) is 0 Å². The Labute approximate surface area is 56.2 Å². The van der Waals surface area contributed by atoms with Crippen LogP contribution in [0.2, 0.25) is 0 Å². The van der Waals surface area contributed by atoms with Gasteiger partial charge in [-0.05, 0) is 13.3 Å². The molecule has 2 heteroatoms. The van der Waals surface area contributed by atoms with E-state index in [1.165, 1.54) is 0 Å². The molecule has 0 aromatic carbocycles. The Bertz CT molecular complexity index is 88.9. The van der Waals surface area contributed by atoms with Crippen LogP contribution in [0.15, 0.2) is 0 Å². The first kappa shape index (κ1) is 8.47. The number of rotatable bonds is 3. The van der Waals surface area contributed by atoms with Crippen LogP contribution in [0.3, 0.4) is 0 Å². The van der Waals surface area contributed by atoms with E-state index in [-0.39, 0.29) is 12.1 Å². The average molecular weight is 130 g/mol. The van der Waals surface area contributed by atoms with E-state index in [4.69, 9.17) is 4.74 Å². The summed E-state index contributed by atoms with van der Waals surface area (Å²) in [4.78, 5) is 10.6. The molecule has 0 aliphatic carbocycles. The summed E-state index contributed by atoms with van der Waals surface area (Å²) in [6.45, 7) is 5.69. The van der Waals surface area contributed by atoms with Gasteiger partial charge in [0.15, 0.2) is 0 Å². The number of ether oxygens (including phenoxy) is 1. The Kier molecular flexibility index (Phi) is 4.10. The van der Waals surface area contributed by atoms with Gasteiger partial charge < -0.3 is 4.74 Å². The van der Waals surface area contributed by atoms with Gasteiger partial charge in [0.2, 0.25) is 0 Å². The molecule has 1 atom stereocenters. The van der Waals surface area contributed by atoms with Crippen LogP contribution in [0.5, 0.6) is 0 Å². The van der Waals surface area contributed by atoms with Crippen molar-refractivity contribution in [2.45, 2.75) is 39.7 Å². The summed E-state index contributed by atoms with van der Waals surface area (Å²) in [7, 11) is 0. The van der Waals surface area contributed by atoms with Crippen molar-refractivity contribution in [3.8, 4) is 0 Å². The minimum atomic E-state index is -0.107. The lowest BCUT2D eigenvalue weighted by molar-refractivity contribution is -0.147. The maximum Gasteiger partial charge on any atom is 0.305 e. The monoisotopic (exact) mass is 130 g/mol. The zero-order chi connectivity index (χ0) is 7.28. The van der Waals surface area contributed by atoms with Crippen LogP contribution < -0.4 is 0 Å². The van der Waals surface area contributed by atoms with Gasteiger partial charge in [-0.25, -0.2) is 0 Å². The predicted octanol–water partition coefficient (Wildman–Crippen LogP) is 1.74. The van der Waals surface area contributed by atoms with Gasteiger partial charge in [-0.15, -0.1) is 0 Å². The second kappa shape index (κ2) is 4.36. The van der Waals surface area contributed by atoms with Crippen LogP contribution >= 0.6 is 0 Å². The summed E-state index contributed by atoms with van der Waals surface area (Å²) in [6.07, 6.45) is 1.45. The Balaban J connectivity index is 3.34. The van der Waals surface area contributed by atoms with Gasteiger partial charge in [0.05, 0.1) is 6.10 Å². The first-order valence-electron chi connectivity index (χ1n) is 3.40. The summed E-state index contributed by atoms with van der Waals surface area (Å²) in [5.74, 6) is -0.107. The molecule has 0 aliphatic heterocycles. The second-order valence-corrected chi connectivity index (χ2v) is 2.06. The molecule has 2 nitrogen and oxygen atoms in total. The molecular formula is C7H14O2. The Hall–Kier alpha value is -0.530. The summed E-state index contributed by atoms with van der Waals surface area (Å²) in [5, 5.41) is 0. The fraction of sp³-hybridized carbons (Fsp3) is 0.857. The normalized spacial score (nSPS) is 12.8. The smallest absolute Gasteiger partial charge is 0.305 e. The van der Waals surface area contributed by atoms with Gasteiger partial charge in [-0.2, -0.15) is 0 Å². The molecule has 0 radical (unpaired) electrons. The van der Waals surface area contributed by atoms with Crippen molar-refractivity contribution in [1.29, 1.82) is 0 Å². The molecule has 0 saturated heterocycles. The number of carbonyl (C=O) groups is 1. The molecule has 0 bridgehead atoms. The van der Waals surface area contributed by atoms with E-state index in [1.807, 2.05) is 13.8 Å². The van der Waals surface area contributed by atoms with Crippen molar-refractivity contribution in [1.82, 2.24) is 0 Å². The molecule has 9 heavy (non-hydrogen) atoms. The third-order valence-electron chi connectivity index (χ3n) is 1.20. The lowest BCUT2D eigenvalue weighted by atomic mass is 10.3. The van der Waals surface area contributed by atoms with Gasteiger partial charge in [-0.1, -0.05) is 13.8 Å². The molecule has 0 N–H and O–H groups in total. The van der Waals surface area contributed by atoms with E-state index < -0.39 is 0 Å². The van der Waals surface area contributed by atoms with Gasteiger partial charge in [0.25, 0.3) is 0 Å². The third kappa shape index (κ3) is 4.01. The average Bonchev–Trinajstić information content (AvgIpc) is 1.87. The van der Waals surface area contributed by atoms with E-state index in [9.17, 15) is 4.79 Å². The fourth-order valence-corrected chi connectivity index (χ4v) is 0.391. The molecule has 0 rings (SSSR count). The first-order valence-corrected chi connectivity index (χ1v) is 3.40. The van der Waals surface area contributed by atoms with Crippen molar-refractivity contribution in [2.75, 3.05) is 0 Å². The summed E-state index contributed by atoms with van der Waals surface area (Å²) >= 11 is 0. The van der Waals surface area contributed by atoms with Crippen LogP contribution in [0.1, 0.15) is 33.6 Å². The molecular weight excluding hydrogens is 116 g/mol. The van der Waals surface area contributed by atoms with Crippen molar-refractivity contribution in [2.24, 2.45) is 0 Å². The van der Waals surface area contributed by atoms with Gasteiger partial charge in [0, 0.05) is 6.42 Å². The molecule has 1 unspecified atom stereocenters. The van der Waals surface area contributed by atoms with Crippen LogP contribution in [0.25, 0.3) is 0 Å². The molecule has 0 saturated carbocycles. The van der Waals surface area contributed by atoms with Crippen molar-refractivity contribution in [3.63, 3.8) is 0 Å². The van der Waals surface area contributed by atoms with Gasteiger partial charge in [0.1, 0.15) is 0 Å². The molecule has 0 fully saturated rings. The van der Waals surface area contributed by atoms with E-state index >= 15 is 0 Å². The quantitative estimate of drug-likeness (QED) is 0.544. The highest BCUT2D eigenvalue weighted by Crippen LogP contribution is 1.97. The molecule has 54 valence electrons. The molecule has 0 aromatic heterocycles. The summed E-state index contributed by atoms with van der Waals surface area (Å²) in [5.41, 5.74) is 0. The van der Waals surface area contributed by atoms with E-state index in [0.717, 1.165) is 6.42 Å². The number of hydrogen-bond donors (Lipinski definition) is 0. The van der Waals surface area contributed by atoms with E-state index in [2.05, 4.69) is 0 Å². The van der Waals surface area contributed by atoms with Gasteiger partial charge >= 0.3 is 5.97 Å². The SMILES string of the molecule is CCC(=O)OC(C)CC. The standard InChI is InChI=1S/C7H14O2/c1-4-6(3)9-7(8)5-2/h6H,4-5H2,1-3H3. The van der Waals surface area contributed by atoms with Crippen LogP contribution in [-0.4, -0.2) is 12.1 Å². The lowest BCUT2D eigenvalue weighted by Gasteiger charge is -2.08. The largest absolute Gasteiger partial charge is 0.463 e. The minimum absolute atomic E-state index is 0.0810. The zero-order valence-electron chi connectivity index (χ0n) is 6.31. The van der Waals surface area contributed by atoms with Crippen LogP contribution in [0, 0.1) is 0 Å². The highest BCUT2D eigenvalue weighted by atomic mass is 16.5. The first-order chi connectivity index (χ1) is 4.20. The van der Waals surface area contributed by atoms with E-state index in [1.54, 1.807) is 6.92 Å². The number of hydrogen-bond acceptors (Lipinski definition) is 2. The summed E-state index contributed by atoms with van der Waals surface area (Å²) in [6, 6.07) is 0. The number of carbonyl (C=O) groups excluding carboxylic acids is 1. The van der Waals surface area contributed by atoms with Crippen molar-refractivity contribution in [3.05, 3.63) is 0 Å². The maximum atomic E-state index is 10.6.